The highest BCUT2D eigenvalue weighted by molar-refractivity contribution is 7.96. The lowest BCUT2D eigenvalue weighted by atomic mass is 10.1. The van der Waals surface area contributed by atoms with Gasteiger partial charge < -0.3 is 5.11 Å². The lowest BCUT2D eigenvalue weighted by Gasteiger charge is -1.98. The zero-order chi connectivity index (χ0) is 9.23. The summed E-state index contributed by atoms with van der Waals surface area (Å²) in [4.78, 5) is 10.4. The Balaban J connectivity index is 2.86. The minimum absolute atomic E-state index is 0.00893. The molecular formula is C9H18O2S. The molecule has 12 heavy (non-hydrogen) atoms. The Morgan fingerprint density at radius 3 is 2.00 bits per heavy atom. The van der Waals surface area contributed by atoms with Crippen molar-refractivity contribution in [2.45, 2.75) is 44.9 Å². The molecule has 0 aliphatic rings. The summed E-state index contributed by atoms with van der Waals surface area (Å²) >= 11 is 3.68. The number of hydrogen-bond donors (Lipinski definition) is 2. The van der Waals surface area contributed by atoms with Crippen molar-refractivity contribution in [2.75, 3.05) is 6.61 Å². The average molecular weight is 190 g/mol. The lowest BCUT2D eigenvalue weighted by Crippen LogP contribution is -1.87. The molecule has 0 bridgehead atoms. The van der Waals surface area contributed by atoms with Gasteiger partial charge in [0.2, 0.25) is 0 Å². The third-order valence-electron chi connectivity index (χ3n) is 1.80. The van der Waals surface area contributed by atoms with E-state index in [0.717, 1.165) is 25.7 Å². The summed E-state index contributed by atoms with van der Waals surface area (Å²) in [6.45, 7) is 0.301. The van der Waals surface area contributed by atoms with Gasteiger partial charge in [-0.25, -0.2) is 0 Å². The molecule has 0 aliphatic carbocycles. The van der Waals surface area contributed by atoms with E-state index in [1.54, 1.807) is 0 Å². The van der Waals surface area contributed by atoms with Crippen molar-refractivity contribution in [2.24, 2.45) is 0 Å². The van der Waals surface area contributed by atoms with Gasteiger partial charge in [-0.15, -0.1) is 12.6 Å². The van der Waals surface area contributed by atoms with E-state index in [9.17, 15) is 4.79 Å². The predicted molar refractivity (Wildman–Crippen MR) is 53.4 cm³/mol. The molecule has 2 nitrogen and oxygen atoms in total. The molecule has 0 spiro atoms. The zero-order valence-corrected chi connectivity index (χ0v) is 8.35. The largest absolute Gasteiger partial charge is 0.396 e. The van der Waals surface area contributed by atoms with Crippen LogP contribution in [-0.2, 0) is 4.79 Å². The third-order valence-corrected chi connectivity index (χ3v) is 2.02. The highest BCUT2D eigenvalue weighted by Crippen LogP contribution is 2.07. The van der Waals surface area contributed by atoms with Gasteiger partial charge in [0.15, 0.2) is 5.12 Å². The summed E-state index contributed by atoms with van der Waals surface area (Å²) in [5, 5.41) is 8.48. The first-order valence-electron chi connectivity index (χ1n) is 4.60. The van der Waals surface area contributed by atoms with Gasteiger partial charge in [0.05, 0.1) is 0 Å². The molecule has 0 saturated heterocycles. The molecule has 72 valence electrons. The average Bonchev–Trinajstić information content (AvgIpc) is 2.02. The van der Waals surface area contributed by atoms with Gasteiger partial charge in [-0.05, 0) is 12.8 Å². The summed E-state index contributed by atoms with van der Waals surface area (Å²) in [5.41, 5.74) is 0. The van der Waals surface area contributed by atoms with Crippen molar-refractivity contribution in [3.63, 3.8) is 0 Å². The summed E-state index contributed by atoms with van der Waals surface area (Å²) in [6, 6.07) is 0. The molecular weight excluding hydrogens is 172 g/mol. The molecule has 0 aromatic heterocycles. The van der Waals surface area contributed by atoms with Gasteiger partial charge in [0.25, 0.3) is 0 Å². The highest BCUT2D eigenvalue weighted by Gasteiger charge is 1.94. The summed E-state index contributed by atoms with van der Waals surface area (Å²) < 4.78 is 0. The maximum absolute atomic E-state index is 10.4. The molecule has 0 fully saturated rings. The van der Waals surface area contributed by atoms with Crippen LogP contribution in [0.3, 0.4) is 0 Å². The van der Waals surface area contributed by atoms with Crippen molar-refractivity contribution >= 4 is 17.7 Å². The summed E-state index contributed by atoms with van der Waals surface area (Å²) in [5.74, 6) is 0. The number of thiol groups is 1. The SMILES string of the molecule is O=C(S)CCCCCCCCO. The Morgan fingerprint density at radius 1 is 1.00 bits per heavy atom. The number of aliphatic hydroxyl groups is 1. The molecule has 0 aliphatic heterocycles. The molecule has 0 saturated carbocycles. The topological polar surface area (TPSA) is 37.3 Å². The minimum atomic E-state index is -0.00893. The quantitative estimate of drug-likeness (QED) is 0.454. The van der Waals surface area contributed by atoms with E-state index in [4.69, 9.17) is 5.11 Å². The number of hydrogen-bond acceptors (Lipinski definition) is 2. The smallest absolute Gasteiger partial charge is 0.185 e. The van der Waals surface area contributed by atoms with E-state index in [2.05, 4.69) is 12.6 Å². The monoisotopic (exact) mass is 190 g/mol. The number of aliphatic hydroxyl groups excluding tert-OH is 1. The van der Waals surface area contributed by atoms with E-state index in [1.807, 2.05) is 0 Å². The van der Waals surface area contributed by atoms with Crippen LogP contribution in [0.5, 0.6) is 0 Å². The first kappa shape index (κ1) is 12.0. The molecule has 0 atom stereocenters. The third kappa shape index (κ3) is 9.98. The Kier molecular flexibility index (Phi) is 9.06. The highest BCUT2D eigenvalue weighted by atomic mass is 32.1. The second kappa shape index (κ2) is 9.07. The van der Waals surface area contributed by atoms with Crippen LogP contribution >= 0.6 is 12.6 Å². The molecule has 0 rings (SSSR count). The van der Waals surface area contributed by atoms with Gasteiger partial charge in [-0.3, -0.25) is 4.79 Å². The van der Waals surface area contributed by atoms with Crippen molar-refractivity contribution in [1.29, 1.82) is 0 Å². The molecule has 0 aromatic carbocycles. The first-order valence-corrected chi connectivity index (χ1v) is 5.04. The fourth-order valence-electron chi connectivity index (χ4n) is 1.10. The van der Waals surface area contributed by atoms with Gasteiger partial charge in [-0.2, -0.15) is 0 Å². The van der Waals surface area contributed by atoms with Crippen molar-refractivity contribution in [1.82, 2.24) is 0 Å². The Hall–Kier alpha value is -0.0200. The van der Waals surface area contributed by atoms with E-state index < -0.39 is 0 Å². The van der Waals surface area contributed by atoms with Gasteiger partial charge in [0.1, 0.15) is 0 Å². The molecule has 1 N–H and O–H groups in total. The van der Waals surface area contributed by atoms with Crippen molar-refractivity contribution < 1.29 is 9.90 Å². The van der Waals surface area contributed by atoms with Crippen LogP contribution in [0.1, 0.15) is 44.9 Å². The van der Waals surface area contributed by atoms with E-state index in [1.165, 1.54) is 12.8 Å². The molecule has 3 heteroatoms. The lowest BCUT2D eigenvalue weighted by molar-refractivity contribution is -0.110. The zero-order valence-electron chi connectivity index (χ0n) is 7.46. The standard InChI is InChI=1S/C9H18O2S/c10-8-6-4-2-1-3-5-7-9(11)12/h10H,1-8H2,(H,11,12). The van der Waals surface area contributed by atoms with Crippen molar-refractivity contribution in [3.8, 4) is 0 Å². The fourth-order valence-corrected chi connectivity index (χ4v) is 1.25. The Morgan fingerprint density at radius 2 is 1.50 bits per heavy atom. The number of rotatable bonds is 8. The number of unbranched alkanes of at least 4 members (excludes halogenated alkanes) is 5. The van der Waals surface area contributed by atoms with Gasteiger partial charge in [0, 0.05) is 13.0 Å². The molecule has 0 heterocycles. The van der Waals surface area contributed by atoms with Crippen LogP contribution in [0, 0.1) is 0 Å². The van der Waals surface area contributed by atoms with Crippen LogP contribution in [0.15, 0.2) is 0 Å². The minimum Gasteiger partial charge on any atom is -0.396 e. The molecule has 0 unspecified atom stereocenters. The van der Waals surface area contributed by atoms with Gasteiger partial charge in [-0.1, -0.05) is 25.7 Å². The fraction of sp³-hybridized carbons (Fsp3) is 0.889. The molecule has 0 aromatic rings. The number of carbonyl (C=O) groups is 1. The van der Waals surface area contributed by atoms with E-state index >= 15 is 0 Å². The van der Waals surface area contributed by atoms with Crippen LogP contribution in [-0.4, -0.2) is 16.8 Å². The van der Waals surface area contributed by atoms with Crippen LogP contribution in [0.25, 0.3) is 0 Å². The molecule has 0 amide bonds. The summed E-state index contributed by atoms with van der Waals surface area (Å²) in [6.07, 6.45) is 7.02. The number of carbonyl (C=O) groups excluding carboxylic acids is 1. The molecule has 0 radical (unpaired) electrons. The van der Waals surface area contributed by atoms with E-state index in [-0.39, 0.29) is 5.12 Å². The Bertz CT molecular complexity index is 115. The summed E-state index contributed by atoms with van der Waals surface area (Å²) in [7, 11) is 0. The van der Waals surface area contributed by atoms with Crippen LogP contribution in [0.2, 0.25) is 0 Å². The first-order chi connectivity index (χ1) is 5.77. The maximum atomic E-state index is 10.4. The predicted octanol–water partition coefficient (Wildman–Crippen LogP) is 2.17. The normalized spacial score (nSPS) is 10.2. The van der Waals surface area contributed by atoms with Crippen LogP contribution < -0.4 is 0 Å². The Labute approximate surface area is 79.8 Å². The van der Waals surface area contributed by atoms with Crippen molar-refractivity contribution in [3.05, 3.63) is 0 Å². The van der Waals surface area contributed by atoms with Gasteiger partial charge >= 0.3 is 0 Å². The maximum Gasteiger partial charge on any atom is 0.185 e. The second-order valence-corrected chi connectivity index (χ2v) is 3.49. The second-order valence-electron chi connectivity index (χ2n) is 2.99. The van der Waals surface area contributed by atoms with Crippen LogP contribution in [0.4, 0.5) is 0 Å². The van der Waals surface area contributed by atoms with E-state index in [0.29, 0.717) is 13.0 Å².